The molecule has 0 fully saturated rings. The van der Waals surface area contributed by atoms with Crippen molar-refractivity contribution >= 4 is 28.3 Å². The molecule has 3 aromatic rings. The summed E-state index contributed by atoms with van der Waals surface area (Å²) in [5.74, 6) is -0.351. The summed E-state index contributed by atoms with van der Waals surface area (Å²) in [5, 5.41) is 2.58. The number of esters is 1. The first-order valence-electron chi connectivity index (χ1n) is 6.41. The van der Waals surface area contributed by atoms with E-state index in [1.165, 1.54) is 7.11 Å². The molecule has 0 bridgehead atoms. The zero-order valence-corrected chi connectivity index (χ0v) is 12.1. The van der Waals surface area contributed by atoms with E-state index in [0.717, 1.165) is 21.9 Å². The van der Waals surface area contributed by atoms with Crippen molar-refractivity contribution in [1.29, 1.82) is 0 Å². The number of pyridine rings is 1. The number of hydrogen-bond acceptors (Lipinski definition) is 3. The minimum absolute atomic E-state index is 0.351. The third kappa shape index (κ3) is 2.60. The van der Waals surface area contributed by atoms with Crippen molar-refractivity contribution in [3.63, 3.8) is 0 Å². The highest BCUT2D eigenvalue weighted by Crippen LogP contribution is 2.30. The van der Waals surface area contributed by atoms with Crippen molar-refractivity contribution in [3.8, 4) is 11.1 Å². The summed E-state index contributed by atoms with van der Waals surface area (Å²) in [6.45, 7) is 0. The Bertz CT molecular complexity index is 830. The summed E-state index contributed by atoms with van der Waals surface area (Å²) >= 11 is 6.01. The van der Waals surface area contributed by atoms with E-state index >= 15 is 0 Å². The lowest BCUT2D eigenvalue weighted by molar-refractivity contribution is 0.0601. The van der Waals surface area contributed by atoms with Gasteiger partial charge in [-0.05, 0) is 34.5 Å². The molecule has 0 saturated heterocycles. The molecule has 0 atom stereocenters. The molecule has 0 spiro atoms. The molecule has 2 aromatic carbocycles. The first-order chi connectivity index (χ1) is 10.2. The molecular formula is C17H12ClNO2. The summed E-state index contributed by atoms with van der Waals surface area (Å²) < 4.78 is 4.78. The molecular weight excluding hydrogens is 286 g/mol. The summed E-state index contributed by atoms with van der Waals surface area (Å²) in [7, 11) is 1.37. The van der Waals surface area contributed by atoms with Gasteiger partial charge in [0, 0.05) is 18.0 Å². The maximum Gasteiger partial charge on any atom is 0.337 e. The van der Waals surface area contributed by atoms with E-state index in [0.29, 0.717) is 10.6 Å². The van der Waals surface area contributed by atoms with E-state index in [-0.39, 0.29) is 5.97 Å². The highest BCUT2D eigenvalue weighted by atomic mass is 35.5. The summed E-state index contributed by atoms with van der Waals surface area (Å²) in [5.41, 5.74) is 2.41. The number of carbonyl (C=O) groups excluding carboxylic acids is 1. The van der Waals surface area contributed by atoms with Crippen molar-refractivity contribution < 1.29 is 9.53 Å². The van der Waals surface area contributed by atoms with E-state index in [4.69, 9.17) is 16.3 Å². The van der Waals surface area contributed by atoms with Gasteiger partial charge in [-0.15, -0.1) is 0 Å². The number of methoxy groups -OCH3 is 1. The number of nitrogens with zero attached hydrogens (tertiary/aromatic N) is 1. The third-order valence-corrected chi connectivity index (χ3v) is 3.53. The van der Waals surface area contributed by atoms with Crippen LogP contribution in [0.1, 0.15) is 10.4 Å². The van der Waals surface area contributed by atoms with Gasteiger partial charge in [0.1, 0.15) is 0 Å². The van der Waals surface area contributed by atoms with Crippen LogP contribution in [-0.4, -0.2) is 18.1 Å². The molecule has 0 unspecified atom stereocenters. The van der Waals surface area contributed by atoms with Crippen molar-refractivity contribution in [2.75, 3.05) is 7.11 Å². The molecule has 21 heavy (non-hydrogen) atoms. The number of rotatable bonds is 2. The molecule has 4 heteroatoms. The normalized spacial score (nSPS) is 10.6. The summed E-state index contributed by atoms with van der Waals surface area (Å²) in [4.78, 5) is 15.8. The van der Waals surface area contributed by atoms with Crippen LogP contribution in [0.5, 0.6) is 0 Å². The van der Waals surface area contributed by atoms with E-state index in [9.17, 15) is 4.79 Å². The van der Waals surface area contributed by atoms with Crippen LogP contribution >= 0.6 is 11.6 Å². The highest BCUT2D eigenvalue weighted by Gasteiger charge is 2.09. The average molecular weight is 298 g/mol. The molecule has 0 aliphatic heterocycles. The highest BCUT2D eigenvalue weighted by molar-refractivity contribution is 6.30. The van der Waals surface area contributed by atoms with Crippen LogP contribution in [0.3, 0.4) is 0 Å². The largest absolute Gasteiger partial charge is 0.465 e. The van der Waals surface area contributed by atoms with Crippen LogP contribution < -0.4 is 0 Å². The second kappa shape index (κ2) is 5.54. The van der Waals surface area contributed by atoms with Gasteiger partial charge in [-0.25, -0.2) is 4.79 Å². The van der Waals surface area contributed by atoms with Crippen LogP contribution in [0.25, 0.3) is 21.9 Å². The number of ether oxygens (including phenoxy) is 1. The Labute approximate surface area is 127 Å². The van der Waals surface area contributed by atoms with E-state index in [2.05, 4.69) is 4.98 Å². The van der Waals surface area contributed by atoms with Gasteiger partial charge in [-0.3, -0.25) is 4.98 Å². The fourth-order valence-electron chi connectivity index (χ4n) is 2.33. The number of hydrogen-bond donors (Lipinski definition) is 0. The van der Waals surface area contributed by atoms with Gasteiger partial charge in [0.2, 0.25) is 0 Å². The Kier molecular flexibility index (Phi) is 3.59. The van der Waals surface area contributed by atoms with Crippen LogP contribution in [0.15, 0.2) is 54.9 Å². The molecule has 3 rings (SSSR count). The van der Waals surface area contributed by atoms with Gasteiger partial charge in [-0.1, -0.05) is 35.9 Å². The smallest absolute Gasteiger partial charge is 0.337 e. The molecule has 0 amide bonds. The first kappa shape index (κ1) is 13.6. The number of fused-ring (bicyclic) bond motifs is 1. The van der Waals surface area contributed by atoms with Crippen molar-refractivity contribution in [2.45, 2.75) is 0 Å². The van der Waals surface area contributed by atoms with Crippen LogP contribution in [0, 0.1) is 0 Å². The van der Waals surface area contributed by atoms with Crippen molar-refractivity contribution in [3.05, 3.63) is 65.4 Å². The lowest BCUT2D eigenvalue weighted by Crippen LogP contribution is -2.00. The number of benzene rings is 2. The minimum atomic E-state index is -0.351. The number of aromatic nitrogens is 1. The standard InChI is InChI=1S/C17H12ClNO2/c1-21-17(20)12-6-5-11-3-2-4-15(16(11)8-12)13-7-14(18)10-19-9-13/h2-10H,1H3. The van der Waals surface area contributed by atoms with Crippen molar-refractivity contribution in [2.24, 2.45) is 0 Å². The van der Waals surface area contributed by atoms with Crippen molar-refractivity contribution in [1.82, 2.24) is 4.98 Å². The Morgan fingerprint density at radius 3 is 2.76 bits per heavy atom. The number of carbonyl (C=O) groups is 1. The average Bonchev–Trinajstić information content (AvgIpc) is 2.53. The summed E-state index contributed by atoms with van der Waals surface area (Å²) in [6, 6.07) is 13.3. The topological polar surface area (TPSA) is 39.2 Å². The van der Waals surface area contributed by atoms with Crippen LogP contribution in [0.4, 0.5) is 0 Å². The van der Waals surface area contributed by atoms with E-state index < -0.39 is 0 Å². The number of halogens is 1. The van der Waals surface area contributed by atoms with Gasteiger partial charge in [-0.2, -0.15) is 0 Å². The maximum absolute atomic E-state index is 11.7. The van der Waals surface area contributed by atoms with Gasteiger partial charge in [0.25, 0.3) is 0 Å². The van der Waals surface area contributed by atoms with Crippen LogP contribution in [0.2, 0.25) is 5.02 Å². The van der Waals surface area contributed by atoms with E-state index in [1.807, 2.05) is 36.4 Å². The Morgan fingerprint density at radius 1 is 1.14 bits per heavy atom. The fraction of sp³-hybridized carbons (Fsp3) is 0.0588. The quantitative estimate of drug-likeness (QED) is 0.660. The molecule has 3 nitrogen and oxygen atoms in total. The van der Waals surface area contributed by atoms with Gasteiger partial charge in [0.15, 0.2) is 0 Å². The van der Waals surface area contributed by atoms with Gasteiger partial charge >= 0.3 is 5.97 Å². The van der Waals surface area contributed by atoms with Crippen LogP contribution in [-0.2, 0) is 4.74 Å². The predicted molar refractivity (Wildman–Crippen MR) is 83.5 cm³/mol. The van der Waals surface area contributed by atoms with Gasteiger partial charge < -0.3 is 4.74 Å². The lowest BCUT2D eigenvalue weighted by atomic mass is 9.98. The minimum Gasteiger partial charge on any atom is -0.465 e. The third-order valence-electron chi connectivity index (χ3n) is 3.32. The summed E-state index contributed by atoms with van der Waals surface area (Å²) in [6.07, 6.45) is 3.35. The predicted octanol–water partition coefficient (Wildman–Crippen LogP) is 4.34. The monoisotopic (exact) mass is 297 g/mol. The Morgan fingerprint density at radius 2 is 2.00 bits per heavy atom. The SMILES string of the molecule is COC(=O)c1ccc2cccc(-c3cncc(Cl)c3)c2c1. The molecule has 104 valence electrons. The second-order valence-electron chi connectivity index (χ2n) is 4.62. The molecule has 0 radical (unpaired) electrons. The molecule has 1 aromatic heterocycles. The second-order valence-corrected chi connectivity index (χ2v) is 5.06. The molecule has 1 heterocycles. The lowest BCUT2D eigenvalue weighted by Gasteiger charge is -2.08. The zero-order chi connectivity index (χ0) is 14.8. The first-order valence-corrected chi connectivity index (χ1v) is 6.79. The molecule has 0 aliphatic rings. The van der Waals surface area contributed by atoms with Gasteiger partial charge in [0.05, 0.1) is 17.7 Å². The zero-order valence-electron chi connectivity index (χ0n) is 11.3. The molecule has 0 aliphatic carbocycles. The molecule has 0 N–H and O–H groups in total. The Balaban J connectivity index is 2.25. The maximum atomic E-state index is 11.7. The molecule has 0 saturated carbocycles. The fourth-order valence-corrected chi connectivity index (χ4v) is 2.50. The Hall–Kier alpha value is -2.39. The van der Waals surface area contributed by atoms with E-state index in [1.54, 1.807) is 18.5 Å².